The minimum Gasteiger partial charge on any atom is -0.477 e. The number of aromatic nitrogens is 1. The zero-order chi connectivity index (χ0) is 11.9. The van der Waals surface area contributed by atoms with E-state index < -0.39 is 5.97 Å². The van der Waals surface area contributed by atoms with Gasteiger partial charge in [-0.1, -0.05) is 6.07 Å². The number of hydrogen-bond donors (Lipinski definition) is 2. The van der Waals surface area contributed by atoms with Crippen molar-refractivity contribution in [3.8, 4) is 0 Å². The molecule has 2 N–H and O–H groups in total. The van der Waals surface area contributed by atoms with E-state index in [1.54, 1.807) is 6.07 Å². The highest BCUT2D eigenvalue weighted by atomic mass is 16.4. The maximum atomic E-state index is 11.7. The van der Waals surface area contributed by atoms with Crippen LogP contribution in [0, 0.1) is 13.8 Å². The number of H-pyrrole nitrogens is 1. The van der Waals surface area contributed by atoms with Crippen LogP contribution in [0.2, 0.25) is 0 Å². The van der Waals surface area contributed by atoms with E-state index in [9.17, 15) is 9.59 Å². The fourth-order valence-electron chi connectivity index (χ4n) is 1.68. The molecular weight excluding hydrogens is 206 g/mol. The van der Waals surface area contributed by atoms with Crippen molar-refractivity contribution in [1.82, 2.24) is 4.98 Å². The molecule has 16 heavy (non-hydrogen) atoms. The van der Waals surface area contributed by atoms with E-state index in [4.69, 9.17) is 5.11 Å². The van der Waals surface area contributed by atoms with E-state index in [1.165, 1.54) is 0 Å². The van der Waals surface area contributed by atoms with Crippen LogP contribution in [-0.4, -0.2) is 16.1 Å². The van der Waals surface area contributed by atoms with Crippen molar-refractivity contribution in [2.24, 2.45) is 0 Å². The minimum atomic E-state index is -1.13. The molecule has 1 aromatic carbocycles. The summed E-state index contributed by atoms with van der Waals surface area (Å²) >= 11 is 0. The number of nitrogens with one attached hydrogen (secondary N) is 1. The average Bonchev–Trinajstić information content (AvgIpc) is 2.23. The van der Waals surface area contributed by atoms with Gasteiger partial charge in [-0.15, -0.1) is 0 Å². The molecule has 0 radical (unpaired) electrons. The molecule has 82 valence electrons. The molecule has 4 nitrogen and oxygen atoms in total. The van der Waals surface area contributed by atoms with Crippen molar-refractivity contribution in [2.75, 3.05) is 0 Å². The van der Waals surface area contributed by atoms with Crippen molar-refractivity contribution in [1.29, 1.82) is 0 Å². The molecule has 2 rings (SSSR count). The van der Waals surface area contributed by atoms with Crippen LogP contribution in [0.3, 0.4) is 0 Å². The molecule has 0 bridgehead atoms. The van der Waals surface area contributed by atoms with Gasteiger partial charge in [-0.2, -0.15) is 0 Å². The van der Waals surface area contributed by atoms with Crippen molar-refractivity contribution in [3.05, 3.63) is 45.2 Å². The molecule has 2 aromatic rings. The topological polar surface area (TPSA) is 70.2 Å². The second-order valence-electron chi connectivity index (χ2n) is 3.78. The Bertz CT molecular complexity index is 640. The molecule has 0 atom stereocenters. The van der Waals surface area contributed by atoms with E-state index in [0.29, 0.717) is 10.9 Å². The van der Waals surface area contributed by atoms with E-state index in [-0.39, 0.29) is 11.1 Å². The van der Waals surface area contributed by atoms with Gasteiger partial charge in [0.2, 0.25) is 0 Å². The summed E-state index contributed by atoms with van der Waals surface area (Å²) < 4.78 is 0. The summed E-state index contributed by atoms with van der Waals surface area (Å²) in [6.07, 6.45) is 0. The van der Waals surface area contributed by atoms with Gasteiger partial charge >= 0.3 is 5.97 Å². The van der Waals surface area contributed by atoms with E-state index >= 15 is 0 Å². The Morgan fingerprint density at radius 2 is 2.00 bits per heavy atom. The predicted molar refractivity (Wildman–Crippen MR) is 61.0 cm³/mol. The summed E-state index contributed by atoms with van der Waals surface area (Å²) in [5.41, 5.74) is 2.17. The third-order valence-electron chi connectivity index (χ3n) is 2.77. The van der Waals surface area contributed by atoms with Crippen LogP contribution in [0.15, 0.2) is 23.0 Å². The van der Waals surface area contributed by atoms with Gasteiger partial charge in [-0.05, 0) is 31.0 Å². The molecular formula is C12H11NO3. The zero-order valence-electron chi connectivity index (χ0n) is 9.00. The highest BCUT2D eigenvalue weighted by Crippen LogP contribution is 2.17. The van der Waals surface area contributed by atoms with Crippen molar-refractivity contribution < 1.29 is 9.90 Å². The lowest BCUT2D eigenvalue weighted by molar-refractivity contribution is 0.0691. The summed E-state index contributed by atoms with van der Waals surface area (Å²) in [7, 11) is 0. The molecule has 0 unspecified atom stereocenters. The smallest absolute Gasteiger partial charge is 0.352 e. The summed E-state index contributed by atoms with van der Waals surface area (Å²) in [6, 6.07) is 4.68. The SMILES string of the molecule is Cc1ccc2c(=O)cc(C(=O)O)[nH]c2c1C. The number of aromatic amines is 1. The lowest BCUT2D eigenvalue weighted by atomic mass is 10.0. The number of fused-ring (bicyclic) bond motifs is 1. The lowest BCUT2D eigenvalue weighted by Crippen LogP contribution is -2.10. The normalized spacial score (nSPS) is 10.6. The molecule has 0 saturated carbocycles. The number of pyridine rings is 1. The number of aromatic carboxylic acids is 1. The molecule has 0 aliphatic rings. The Labute approximate surface area is 91.5 Å². The molecule has 0 aliphatic heterocycles. The van der Waals surface area contributed by atoms with Crippen LogP contribution < -0.4 is 5.43 Å². The number of hydrogen-bond acceptors (Lipinski definition) is 2. The first-order valence-corrected chi connectivity index (χ1v) is 4.87. The van der Waals surface area contributed by atoms with Crippen LogP contribution >= 0.6 is 0 Å². The average molecular weight is 217 g/mol. The highest BCUT2D eigenvalue weighted by Gasteiger charge is 2.09. The molecule has 0 spiro atoms. The fraction of sp³-hybridized carbons (Fsp3) is 0.167. The third kappa shape index (κ3) is 1.48. The van der Waals surface area contributed by atoms with E-state index in [2.05, 4.69) is 4.98 Å². The molecule has 0 fully saturated rings. The molecule has 1 heterocycles. The van der Waals surface area contributed by atoms with Gasteiger partial charge in [0.25, 0.3) is 0 Å². The summed E-state index contributed by atoms with van der Waals surface area (Å²) in [5, 5.41) is 9.38. The Morgan fingerprint density at radius 3 is 2.62 bits per heavy atom. The Balaban J connectivity index is 2.94. The zero-order valence-corrected chi connectivity index (χ0v) is 9.00. The van der Waals surface area contributed by atoms with Crippen LogP contribution in [0.25, 0.3) is 10.9 Å². The van der Waals surface area contributed by atoms with Crippen LogP contribution in [0.5, 0.6) is 0 Å². The van der Waals surface area contributed by atoms with Crippen LogP contribution in [0.4, 0.5) is 0 Å². The second kappa shape index (κ2) is 3.48. The molecule has 0 saturated heterocycles. The molecule has 0 aliphatic carbocycles. The highest BCUT2D eigenvalue weighted by molar-refractivity contribution is 5.90. The molecule has 4 heteroatoms. The maximum absolute atomic E-state index is 11.7. The van der Waals surface area contributed by atoms with E-state index in [1.807, 2.05) is 19.9 Å². The van der Waals surface area contributed by atoms with Crippen LogP contribution in [0.1, 0.15) is 21.6 Å². The summed E-state index contributed by atoms with van der Waals surface area (Å²) in [5.74, 6) is -1.13. The number of carboxylic acids is 1. The monoisotopic (exact) mass is 217 g/mol. The number of aryl methyl sites for hydroxylation is 2. The van der Waals surface area contributed by atoms with Crippen molar-refractivity contribution >= 4 is 16.9 Å². The fourth-order valence-corrected chi connectivity index (χ4v) is 1.68. The number of carbonyl (C=O) groups is 1. The standard InChI is InChI=1S/C12H11NO3/c1-6-3-4-8-10(14)5-9(12(15)16)13-11(8)7(6)2/h3-5H,1-2H3,(H,13,14)(H,15,16). The Morgan fingerprint density at radius 1 is 1.31 bits per heavy atom. The number of rotatable bonds is 1. The van der Waals surface area contributed by atoms with Gasteiger partial charge in [0, 0.05) is 11.5 Å². The van der Waals surface area contributed by atoms with Gasteiger partial charge in [-0.3, -0.25) is 4.79 Å². The first kappa shape index (κ1) is 10.4. The summed E-state index contributed by atoms with van der Waals surface area (Å²) in [6.45, 7) is 3.78. The Hall–Kier alpha value is -2.10. The van der Waals surface area contributed by atoms with Gasteiger partial charge in [0.1, 0.15) is 5.69 Å². The second-order valence-corrected chi connectivity index (χ2v) is 3.78. The molecule has 0 amide bonds. The first-order chi connectivity index (χ1) is 7.50. The summed E-state index contributed by atoms with van der Waals surface area (Å²) in [4.78, 5) is 25.3. The third-order valence-corrected chi connectivity index (χ3v) is 2.77. The van der Waals surface area contributed by atoms with Gasteiger partial charge in [-0.25, -0.2) is 4.79 Å². The van der Waals surface area contributed by atoms with Gasteiger partial charge in [0.15, 0.2) is 5.43 Å². The van der Waals surface area contributed by atoms with Crippen LogP contribution in [-0.2, 0) is 0 Å². The number of benzene rings is 1. The van der Waals surface area contributed by atoms with Gasteiger partial charge < -0.3 is 10.1 Å². The van der Waals surface area contributed by atoms with Gasteiger partial charge in [0.05, 0.1) is 5.52 Å². The first-order valence-electron chi connectivity index (χ1n) is 4.87. The molecule has 1 aromatic heterocycles. The van der Waals surface area contributed by atoms with E-state index in [0.717, 1.165) is 17.2 Å². The largest absolute Gasteiger partial charge is 0.477 e. The Kier molecular flexibility index (Phi) is 2.27. The number of carboxylic acid groups (broad SMARTS) is 1. The lowest BCUT2D eigenvalue weighted by Gasteiger charge is -2.06. The maximum Gasteiger partial charge on any atom is 0.352 e. The van der Waals surface area contributed by atoms with Crippen molar-refractivity contribution in [2.45, 2.75) is 13.8 Å². The predicted octanol–water partition coefficient (Wildman–Crippen LogP) is 1.84. The van der Waals surface area contributed by atoms with Crippen molar-refractivity contribution in [3.63, 3.8) is 0 Å². The minimum absolute atomic E-state index is 0.0776. The quantitative estimate of drug-likeness (QED) is 0.765.